The van der Waals surface area contributed by atoms with Crippen LogP contribution >= 0.6 is 0 Å². The van der Waals surface area contributed by atoms with E-state index >= 15 is 0 Å². The molecule has 2 saturated heterocycles. The van der Waals surface area contributed by atoms with Gasteiger partial charge in [0, 0.05) is 38.4 Å². The van der Waals surface area contributed by atoms with E-state index in [9.17, 15) is 18.4 Å². The molecule has 3 atom stereocenters. The summed E-state index contributed by atoms with van der Waals surface area (Å²) in [7, 11) is 0. The van der Waals surface area contributed by atoms with Crippen molar-refractivity contribution in [2.45, 2.75) is 51.2 Å². The maximum Gasteiger partial charge on any atom is 0.249 e. The van der Waals surface area contributed by atoms with Gasteiger partial charge in [-0.15, -0.1) is 0 Å². The Labute approximate surface area is 134 Å². The lowest BCUT2D eigenvalue weighted by atomic mass is 9.80. The molecule has 1 saturated carbocycles. The first-order valence-electron chi connectivity index (χ1n) is 8.35. The van der Waals surface area contributed by atoms with Gasteiger partial charge in [0.2, 0.25) is 17.7 Å². The number of nitrogens with zero attached hydrogens (tertiary/aromatic N) is 1. The van der Waals surface area contributed by atoms with Crippen LogP contribution in [0.4, 0.5) is 8.78 Å². The molecule has 5 nitrogen and oxygen atoms in total. The van der Waals surface area contributed by atoms with Gasteiger partial charge in [-0.3, -0.25) is 9.59 Å². The normalized spacial score (nSPS) is 32.7. The number of amides is 2. The van der Waals surface area contributed by atoms with E-state index in [2.05, 4.69) is 5.32 Å². The molecule has 2 amide bonds. The Morgan fingerprint density at radius 2 is 2.00 bits per heavy atom. The molecule has 3 rings (SSSR count). The van der Waals surface area contributed by atoms with Gasteiger partial charge in [-0.05, 0) is 12.3 Å². The van der Waals surface area contributed by atoms with Gasteiger partial charge in [0.25, 0.3) is 0 Å². The summed E-state index contributed by atoms with van der Waals surface area (Å²) >= 11 is 0. The Balaban J connectivity index is 1.55. The second kappa shape index (κ2) is 6.00. The highest BCUT2D eigenvalue weighted by Gasteiger charge is 2.52. The van der Waals surface area contributed by atoms with E-state index in [0.29, 0.717) is 32.0 Å². The van der Waals surface area contributed by atoms with Gasteiger partial charge in [-0.2, -0.15) is 0 Å². The molecular weight excluding hydrogens is 306 g/mol. The fourth-order valence-electron chi connectivity index (χ4n) is 3.64. The third-order valence-corrected chi connectivity index (χ3v) is 4.93. The van der Waals surface area contributed by atoms with E-state index in [1.807, 2.05) is 13.8 Å². The van der Waals surface area contributed by atoms with Crippen molar-refractivity contribution in [3.63, 3.8) is 0 Å². The van der Waals surface area contributed by atoms with E-state index in [-0.39, 0.29) is 42.8 Å². The Kier molecular flexibility index (Phi) is 4.33. The zero-order valence-electron chi connectivity index (χ0n) is 13.6. The minimum absolute atomic E-state index is 0.0318. The number of ether oxygens (including phenoxy) is 1. The van der Waals surface area contributed by atoms with Crippen molar-refractivity contribution in [2.24, 2.45) is 17.8 Å². The Bertz CT molecular complexity index is 490. The van der Waals surface area contributed by atoms with Crippen LogP contribution in [0.25, 0.3) is 0 Å². The Morgan fingerprint density at radius 1 is 1.30 bits per heavy atom. The summed E-state index contributed by atoms with van der Waals surface area (Å²) in [6.07, 6.45) is -0.578. The number of morpholine rings is 1. The van der Waals surface area contributed by atoms with Crippen LogP contribution in [0.15, 0.2) is 0 Å². The highest BCUT2D eigenvalue weighted by atomic mass is 19.3. The largest absolute Gasteiger partial charge is 0.370 e. The molecule has 2 aliphatic heterocycles. The summed E-state index contributed by atoms with van der Waals surface area (Å²) in [6, 6.07) is 0. The number of carbonyl (C=O) groups excluding carboxylic acids is 2. The molecule has 0 spiro atoms. The highest BCUT2D eigenvalue weighted by molar-refractivity contribution is 5.82. The fraction of sp³-hybridized carbons (Fsp3) is 0.875. The van der Waals surface area contributed by atoms with Crippen LogP contribution < -0.4 is 5.32 Å². The summed E-state index contributed by atoms with van der Waals surface area (Å²) in [5, 5.41) is 2.92. The van der Waals surface area contributed by atoms with Crippen molar-refractivity contribution in [1.82, 2.24) is 10.2 Å². The standard InChI is InChI=1S/C16H24F2N2O3/c1-9(2)6-19-14(21)12-3-11-7-20(8-13(12)23-11)15(22)10-4-16(17,18)5-10/h9-13H,3-8H2,1-2H3,(H,19,21). The van der Waals surface area contributed by atoms with Gasteiger partial charge in [-0.25, -0.2) is 8.78 Å². The van der Waals surface area contributed by atoms with Gasteiger partial charge in [0.1, 0.15) is 0 Å². The number of nitrogens with one attached hydrogen (secondary N) is 1. The van der Waals surface area contributed by atoms with Crippen LogP contribution in [0.1, 0.15) is 33.1 Å². The Hall–Kier alpha value is -1.24. The van der Waals surface area contributed by atoms with Gasteiger partial charge in [0.15, 0.2) is 0 Å². The van der Waals surface area contributed by atoms with Crippen molar-refractivity contribution in [1.29, 1.82) is 0 Å². The molecule has 0 aromatic rings. The Morgan fingerprint density at radius 3 is 2.61 bits per heavy atom. The van der Waals surface area contributed by atoms with Gasteiger partial charge in [-0.1, -0.05) is 13.8 Å². The molecule has 1 aliphatic carbocycles. The number of rotatable bonds is 4. The number of hydrogen-bond acceptors (Lipinski definition) is 3. The van der Waals surface area contributed by atoms with Crippen LogP contribution in [-0.2, 0) is 14.3 Å². The first kappa shape index (κ1) is 16.6. The molecule has 0 aromatic heterocycles. The molecule has 7 heteroatoms. The monoisotopic (exact) mass is 330 g/mol. The van der Waals surface area contributed by atoms with Crippen LogP contribution in [0.5, 0.6) is 0 Å². The van der Waals surface area contributed by atoms with Crippen molar-refractivity contribution < 1.29 is 23.1 Å². The molecule has 1 N–H and O–H groups in total. The maximum atomic E-state index is 13.0. The molecule has 2 bridgehead atoms. The number of likely N-dealkylation sites (tertiary alicyclic amines) is 1. The summed E-state index contributed by atoms with van der Waals surface area (Å²) < 4.78 is 31.7. The molecule has 3 fully saturated rings. The molecule has 0 radical (unpaired) electrons. The maximum absolute atomic E-state index is 13.0. The fourth-order valence-corrected chi connectivity index (χ4v) is 3.64. The molecule has 3 unspecified atom stereocenters. The average Bonchev–Trinajstić information content (AvgIpc) is 2.75. The lowest BCUT2D eigenvalue weighted by molar-refractivity contribution is -0.167. The number of halogens is 2. The molecule has 0 aromatic carbocycles. The number of hydrogen-bond donors (Lipinski definition) is 1. The quantitative estimate of drug-likeness (QED) is 0.848. The van der Waals surface area contributed by atoms with Crippen LogP contribution in [0.2, 0.25) is 0 Å². The summed E-state index contributed by atoms with van der Waals surface area (Å²) in [5.41, 5.74) is 0. The number of fused-ring (bicyclic) bond motifs is 2. The van der Waals surface area contributed by atoms with Crippen molar-refractivity contribution in [3.8, 4) is 0 Å². The zero-order chi connectivity index (χ0) is 16.8. The van der Waals surface area contributed by atoms with Gasteiger partial charge >= 0.3 is 0 Å². The van der Waals surface area contributed by atoms with Crippen LogP contribution in [0, 0.1) is 17.8 Å². The van der Waals surface area contributed by atoms with Crippen LogP contribution in [0.3, 0.4) is 0 Å². The minimum Gasteiger partial charge on any atom is -0.370 e. The predicted octanol–water partition coefficient (Wildman–Crippen LogP) is 1.42. The number of carbonyl (C=O) groups is 2. The molecular formula is C16H24F2N2O3. The third-order valence-electron chi connectivity index (χ3n) is 4.93. The summed E-state index contributed by atoms with van der Waals surface area (Å²) in [6.45, 7) is 5.41. The van der Waals surface area contributed by atoms with E-state index in [1.54, 1.807) is 4.90 Å². The molecule has 3 aliphatic rings. The average molecular weight is 330 g/mol. The van der Waals surface area contributed by atoms with Crippen molar-refractivity contribution >= 4 is 11.8 Å². The molecule has 23 heavy (non-hydrogen) atoms. The lowest BCUT2D eigenvalue weighted by Crippen LogP contribution is -2.53. The van der Waals surface area contributed by atoms with Crippen molar-refractivity contribution in [3.05, 3.63) is 0 Å². The van der Waals surface area contributed by atoms with Crippen LogP contribution in [-0.4, -0.2) is 54.5 Å². The third kappa shape index (κ3) is 3.49. The molecule has 130 valence electrons. The smallest absolute Gasteiger partial charge is 0.249 e. The second-order valence-electron chi connectivity index (χ2n) is 7.48. The van der Waals surface area contributed by atoms with E-state index in [1.165, 1.54) is 0 Å². The van der Waals surface area contributed by atoms with Crippen molar-refractivity contribution in [2.75, 3.05) is 19.6 Å². The van der Waals surface area contributed by atoms with Gasteiger partial charge in [0.05, 0.1) is 18.1 Å². The SMILES string of the molecule is CC(C)CNC(=O)C1CC2CN(C(=O)C3CC(F)(F)C3)CC1O2. The minimum atomic E-state index is -2.69. The topological polar surface area (TPSA) is 58.6 Å². The lowest BCUT2D eigenvalue weighted by Gasteiger charge is -2.40. The second-order valence-corrected chi connectivity index (χ2v) is 7.48. The van der Waals surface area contributed by atoms with E-state index in [4.69, 9.17) is 4.74 Å². The summed E-state index contributed by atoms with van der Waals surface area (Å²) in [5.74, 6) is -3.38. The predicted molar refractivity (Wildman–Crippen MR) is 78.9 cm³/mol. The van der Waals surface area contributed by atoms with E-state index in [0.717, 1.165) is 0 Å². The van der Waals surface area contributed by atoms with E-state index < -0.39 is 11.8 Å². The first-order chi connectivity index (χ1) is 10.7. The first-order valence-corrected chi connectivity index (χ1v) is 8.35. The van der Waals surface area contributed by atoms with Gasteiger partial charge < -0.3 is 15.0 Å². The molecule has 2 heterocycles. The highest BCUT2D eigenvalue weighted by Crippen LogP contribution is 2.44. The number of alkyl halides is 2. The summed E-state index contributed by atoms with van der Waals surface area (Å²) in [4.78, 5) is 26.2. The zero-order valence-corrected chi connectivity index (χ0v) is 13.6.